The molecule has 0 unspecified atom stereocenters. The van der Waals surface area contributed by atoms with Crippen LogP contribution in [0.1, 0.15) is 11.0 Å². The number of carbonyl (C=O) groups is 1. The van der Waals surface area contributed by atoms with Gasteiger partial charge in [0, 0.05) is 29.0 Å². The van der Waals surface area contributed by atoms with E-state index < -0.39 is 58.4 Å². The normalized spacial score (nSPS) is 13.2. The van der Waals surface area contributed by atoms with Gasteiger partial charge in [-0.2, -0.15) is 5.10 Å². The van der Waals surface area contributed by atoms with Crippen LogP contribution in [-0.2, 0) is 11.2 Å². The highest BCUT2D eigenvalue weighted by molar-refractivity contribution is 7.14. The van der Waals surface area contributed by atoms with Crippen molar-refractivity contribution in [2.24, 2.45) is 5.10 Å². The quantitative estimate of drug-likeness (QED) is 0.290. The Hall–Kier alpha value is -3.01. The molecule has 0 bridgehead atoms. The molecule has 1 aromatic heterocycles. The standard InChI is InChI=1S/C18H12Cl2N4O4S/c19-12-6-5-10(7-13(12)20)15-9-29-18(21-15)23-22-14(17(25)26)8-11-3-1-2-4-16(11)24(27)28/h1-7,9H,8H2,(H,21,23)(H,25,26)/b22-14+/i1D,2D,3D,4D. The molecule has 1 heterocycles. The third kappa shape index (κ3) is 5.08. The smallest absolute Gasteiger partial charge is 0.352 e. The lowest BCUT2D eigenvalue weighted by Crippen LogP contribution is -2.18. The third-order valence-electron chi connectivity index (χ3n) is 3.52. The summed E-state index contributed by atoms with van der Waals surface area (Å²) in [4.78, 5) is 26.4. The second kappa shape index (κ2) is 8.99. The van der Waals surface area contributed by atoms with Crippen molar-refractivity contribution in [3.8, 4) is 11.3 Å². The molecule has 8 nitrogen and oxygen atoms in total. The zero-order valence-corrected chi connectivity index (χ0v) is 16.5. The zero-order chi connectivity index (χ0) is 24.4. The molecule has 0 aliphatic rings. The zero-order valence-electron chi connectivity index (χ0n) is 18.2. The Morgan fingerprint density at radius 2 is 2.10 bits per heavy atom. The molecule has 29 heavy (non-hydrogen) atoms. The number of nitrogens with zero attached hydrogens (tertiary/aromatic N) is 3. The van der Waals surface area contributed by atoms with E-state index in [-0.39, 0.29) is 5.13 Å². The maximum absolute atomic E-state index is 11.7. The van der Waals surface area contributed by atoms with Crippen LogP contribution >= 0.6 is 34.5 Å². The van der Waals surface area contributed by atoms with E-state index in [0.717, 1.165) is 11.3 Å². The van der Waals surface area contributed by atoms with Crippen LogP contribution in [0.4, 0.5) is 10.8 Å². The molecule has 0 saturated carbocycles. The van der Waals surface area contributed by atoms with Crippen molar-refractivity contribution in [1.29, 1.82) is 0 Å². The second-order valence-corrected chi connectivity index (χ2v) is 7.08. The van der Waals surface area contributed by atoms with Crippen LogP contribution in [0.25, 0.3) is 11.3 Å². The highest BCUT2D eigenvalue weighted by Crippen LogP contribution is 2.30. The Morgan fingerprint density at radius 1 is 1.34 bits per heavy atom. The van der Waals surface area contributed by atoms with Gasteiger partial charge in [0.25, 0.3) is 5.69 Å². The van der Waals surface area contributed by atoms with Gasteiger partial charge in [0.1, 0.15) is 5.71 Å². The van der Waals surface area contributed by atoms with Gasteiger partial charge in [0.15, 0.2) is 0 Å². The van der Waals surface area contributed by atoms with Crippen molar-refractivity contribution in [2.45, 2.75) is 6.42 Å². The van der Waals surface area contributed by atoms with Crippen molar-refractivity contribution >= 4 is 57.0 Å². The molecule has 0 spiro atoms. The highest BCUT2D eigenvalue weighted by atomic mass is 35.5. The van der Waals surface area contributed by atoms with Gasteiger partial charge >= 0.3 is 5.97 Å². The summed E-state index contributed by atoms with van der Waals surface area (Å²) in [7, 11) is 0. The number of nitrogens with one attached hydrogen (secondary N) is 1. The summed E-state index contributed by atoms with van der Waals surface area (Å²) in [6.45, 7) is 0. The Bertz CT molecular complexity index is 1320. The van der Waals surface area contributed by atoms with Crippen LogP contribution < -0.4 is 5.43 Å². The summed E-state index contributed by atoms with van der Waals surface area (Å²) < 4.78 is 31.0. The van der Waals surface area contributed by atoms with Gasteiger partial charge in [-0.05, 0) is 12.1 Å². The van der Waals surface area contributed by atoms with E-state index in [1.165, 1.54) is 0 Å². The summed E-state index contributed by atoms with van der Waals surface area (Å²) in [5, 5.41) is 27.2. The summed E-state index contributed by atoms with van der Waals surface area (Å²) >= 11 is 13.0. The van der Waals surface area contributed by atoms with E-state index in [9.17, 15) is 20.0 Å². The minimum Gasteiger partial charge on any atom is -0.477 e. The lowest BCUT2D eigenvalue weighted by molar-refractivity contribution is -0.385. The molecule has 11 heteroatoms. The number of hydrogen-bond donors (Lipinski definition) is 2. The van der Waals surface area contributed by atoms with E-state index in [2.05, 4.69) is 15.5 Å². The van der Waals surface area contributed by atoms with Crippen molar-refractivity contribution in [3.63, 3.8) is 0 Å². The van der Waals surface area contributed by atoms with Crippen LogP contribution in [0.15, 0.2) is 52.9 Å². The fourth-order valence-corrected chi connectivity index (χ4v) is 3.13. The molecule has 0 amide bonds. The first-order valence-electron chi connectivity index (χ1n) is 9.71. The van der Waals surface area contributed by atoms with Gasteiger partial charge in [0.05, 0.1) is 26.1 Å². The third-order valence-corrected chi connectivity index (χ3v) is 5.01. The number of nitro benzene ring substituents is 1. The van der Waals surface area contributed by atoms with Crippen molar-refractivity contribution in [2.75, 3.05) is 5.43 Å². The average Bonchev–Trinajstić information content (AvgIpc) is 3.23. The van der Waals surface area contributed by atoms with Crippen LogP contribution in [-0.4, -0.2) is 26.7 Å². The van der Waals surface area contributed by atoms with Crippen LogP contribution in [0.5, 0.6) is 0 Å². The number of aliphatic carboxylic acids is 1. The van der Waals surface area contributed by atoms with E-state index in [1.807, 2.05) is 0 Å². The molecule has 0 atom stereocenters. The Balaban J connectivity index is 1.92. The number of hydrogen-bond acceptors (Lipinski definition) is 7. The second-order valence-electron chi connectivity index (χ2n) is 5.40. The molecule has 3 aromatic rings. The number of carboxylic acids is 1. The molecule has 148 valence electrons. The average molecular weight is 455 g/mol. The molecule has 0 radical (unpaired) electrons. The lowest BCUT2D eigenvalue weighted by atomic mass is 10.1. The number of halogens is 2. The fourth-order valence-electron chi connectivity index (χ4n) is 2.17. The molecule has 2 aromatic carbocycles. The van der Waals surface area contributed by atoms with Crippen molar-refractivity contribution < 1.29 is 20.3 Å². The number of anilines is 1. The molecule has 3 rings (SSSR count). The Labute approximate surface area is 184 Å². The van der Waals surface area contributed by atoms with Crippen molar-refractivity contribution in [1.82, 2.24) is 4.98 Å². The first-order chi connectivity index (χ1) is 15.5. The summed E-state index contributed by atoms with van der Waals surface area (Å²) in [5.41, 5.74) is 1.62. The predicted molar refractivity (Wildman–Crippen MR) is 113 cm³/mol. The van der Waals surface area contributed by atoms with E-state index in [1.54, 1.807) is 23.6 Å². The molecule has 0 aliphatic heterocycles. The number of para-hydroxylation sites is 1. The molecule has 0 saturated heterocycles. The first kappa shape index (κ1) is 15.9. The van der Waals surface area contributed by atoms with Gasteiger partial charge in [-0.1, -0.05) is 47.4 Å². The SMILES string of the molecule is [2H]c1c([2H])c([2H])c([N+](=O)[O-])c(C/C(=N\Nc2nc(-c3ccc(Cl)c(Cl)c3)cs2)C(=O)O)c1[2H]. The number of benzene rings is 2. The Kier molecular flexibility index (Phi) is 4.92. The first-order valence-corrected chi connectivity index (χ1v) is 9.35. The number of aromatic nitrogens is 1. The van der Waals surface area contributed by atoms with E-state index in [0.29, 0.717) is 21.3 Å². The van der Waals surface area contributed by atoms with Gasteiger partial charge in [0.2, 0.25) is 5.13 Å². The summed E-state index contributed by atoms with van der Waals surface area (Å²) in [6, 6.07) is 1.80. The van der Waals surface area contributed by atoms with Crippen molar-refractivity contribution in [3.05, 3.63) is 73.5 Å². The number of rotatable bonds is 7. The molecule has 0 fully saturated rings. The summed E-state index contributed by atoms with van der Waals surface area (Å²) in [6.07, 6.45) is -0.722. The predicted octanol–water partition coefficient (Wildman–Crippen LogP) is 5.12. The number of thiazole rings is 1. The van der Waals surface area contributed by atoms with Gasteiger partial charge in [-0.3, -0.25) is 15.5 Å². The summed E-state index contributed by atoms with van der Waals surface area (Å²) in [5.74, 6) is -1.54. The molecular weight excluding hydrogens is 439 g/mol. The maximum atomic E-state index is 11.7. The van der Waals surface area contributed by atoms with Gasteiger partial charge in [-0.15, -0.1) is 11.3 Å². The largest absolute Gasteiger partial charge is 0.477 e. The van der Waals surface area contributed by atoms with Gasteiger partial charge < -0.3 is 5.11 Å². The van der Waals surface area contributed by atoms with Gasteiger partial charge in [-0.25, -0.2) is 9.78 Å². The topological polar surface area (TPSA) is 118 Å². The lowest BCUT2D eigenvalue weighted by Gasteiger charge is -2.04. The molecule has 2 N–H and O–H groups in total. The van der Waals surface area contributed by atoms with E-state index >= 15 is 0 Å². The monoisotopic (exact) mass is 454 g/mol. The number of nitro groups is 1. The molecule has 0 aliphatic carbocycles. The number of carboxylic acid groups (broad SMARTS) is 1. The fraction of sp³-hybridized carbons (Fsp3) is 0.0556. The number of hydrazone groups is 1. The minimum atomic E-state index is -1.54. The van der Waals surface area contributed by atoms with E-state index in [4.69, 9.17) is 28.7 Å². The van der Waals surface area contributed by atoms with Crippen LogP contribution in [0.2, 0.25) is 10.0 Å². The van der Waals surface area contributed by atoms with Crippen LogP contribution in [0, 0.1) is 10.1 Å². The maximum Gasteiger partial charge on any atom is 0.352 e. The Morgan fingerprint density at radius 3 is 2.79 bits per heavy atom. The highest BCUT2D eigenvalue weighted by Gasteiger charge is 2.18. The minimum absolute atomic E-state index is 0.208. The van der Waals surface area contributed by atoms with Crippen LogP contribution in [0.3, 0.4) is 0 Å². The molecular formula is C18H12Cl2N4O4S.